The fraction of sp³-hybridized carbons (Fsp3) is 0.650. The molecule has 1 aromatic rings. The lowest BCUT2D eigenvalue weighted by molar-refractivity contribution is 0.183. The third-order valence-corrected chi connectivity index (χ3v) is 5.74. The van der Waals surface area contributed by atoms with Gasteiger partial charge in [0.05, 0.1) is 0 Å². The lowest BCUT2D eigenvalue weighted by Gasteiger charge is -2.30. The molecule has 0 radical (unpaired) electrons. The Labute approximate surface area is 162 Å². The van der Waals surface area contributed by atoms with Gasteiger partial charge in [0, 0.05) is 50.0 Å². The Hall–Kier alpha value is -1.46. The van der Waals surface area contributed by atoms with Crippen molar-refractivity contribution < 1.29 is 4.79 Å². The largest absolute Gasteiger partial charge is 0.371 e. The molecule has 0 saturated carbocycles. The number of carbonyl (C=O) groups is 1. The first-order chi connectivity index (χ1) is 12.6. The minimum Gasteiger partial charge on any atom is -0.371 e. The van der Waals surface area contributed by atoms with E-state index in [0.717, 1.165) is 63.2 Å². The topological polar surface area (TPSA) is 47.6 Å². The Morgan fingerprint density at radius 2 is 1.96 bits per heavy atom. The molecule has 0 bridgehead atoms. The van der Waals surface area contributed by atoms with Gasteiger partial charge in [-0.3, -0.25) is 0 Å². The summed E-state index contributed by atoms with van der Waals surface area (Å²) in [6, 6.07) is 7.94. The molecule has 2 aliphatic rings. The molecule has 144 valence electrons. The Bertz CT molecular complexity index is 580. The highest BCUT2D eigenvalue weighted by molar-refractivity contribution is 6.30. The van der Waals surface area contributed by atoms with Gasteiger partial charge in [-0.1, -0.05) is 18.5 Å². The molecular weight excluding hydrogens is 348 g/mol. The van der Waals surface area contributed by atoms with Gasteiger partial charge in [-0.2, -0.15) is 0 Å². The zero-order valence-corrected chi connectivity index (χ0v) is 16.5. The third-order valence-electron chi connectivity index (χ3n) is 5.48. The van der Waals surface area contributed by atoms with Crippen LogP contribution in [-0.2, 0) is 0 Å². The number of likely N-dealkylation sites (tertiary alicyclic amines) is 1. The van der Waals surface area contributed by atoms with Crippen LogP contribution in [-0.4, -0.2) is 56.7 Å². The van der Waals surface area contributed by atoms with E-state index in [1.807, 2.05) is 12.1 Å². The average Bonchev–Trinajstić information content (AvgIpc) is 3.10. The van der Waals surface area contributed by atoms with Crippen molar-refractivity contribution in [3.05, 3.63) is 29.3 Å². The number of hydrogen-bond acceptors (Lipinski definition) is 3. The maximum Gasteiger partial charge on any atom is 0.314 e. The van der Waals surface area contributed by atoms with Crippen molar-refractivity contribution in [1.29, 1.82) is 0 Å². The summed E-state index contributed by atoms with van der Waals surface area (Å²) in [7, 11) is 0. The number of rotatable bonds is 6. The molecule has 3 rings (SSSR count). The van der Waals surface area contributed by atoms with Gasteiger partial charge < -0.3 is 20.4 Å². The Morgan fingerprint density at radius 1 is 1.15 bits per heavy atom. The predicted molar refractivity (Wildman–Crippen MR) is 108 cm³/mol. The molecule has 0 aromatic heterocycles. The molecular formula is C20H31ClN4O. The number of carbonyl (C=O) groups excluding carboxylic acids is 1. The highest BCUT2D eigenvalue weighted by Gasteiger charge is 2.23. The first-order valence-electron chi connectivity index (χ1n) is 9.84. The van der Waals surface area contributed by atoms with Crippen LogP contribution in [0.15, 0.2) is 24.3 Å². The van der Waals surface area contributed by atoms with E-state index in [4.69, 9.17) is 11.6 Å². The van der Waals surface area contributed by atoms with Crippen LogP contribution >= 0.6 is 11.6 Å². The van der Waals surface area contributed by atoms with Gasteiger partial charge in [0.1, 0.15) is 0 Å². The predicted octanol–water partition coefficient (Wildman–Crippen LogP) is 3.20. The van der Waals surface area contributed by atoms with Gasteiger partial charge in [0.15, 0.2) is 0 Å². The summed E-state index contributed by atoms with van der Waals surface area (Å²) in [6.45, 7) is 9.04. The molecule has 2 atom stereocenters. The Balaban J connectivity index is 1.30. The number of hydrogen-bond donors (Lipinski definition) is 2. The second kappa shape index (κ2) is 9.47. The first kappa shape index (κ1) is 19.3. The van der Waals surface area contributed by atoms with E-state index in [1.54, 1.807) is 0 Å². The summed E-state index contributed by atoms with van der Waals surface area (Å²) < 4.78 is 0. The van der Waals surface area contributed by atoms with Crippen LogP contribution in [0.5, 0.6) is 0 Å². The zero-order chi connectivity index (χ0) is 18.4. The van der Waals surface area contributed by atoms with Crippen molar-refractivity contribution in [3.63, 3.8) is 0 Å². The average molecular weight is 379 g/mol. The van der Waals surface area contributed by atoms with E-state index >= 15 is 0 Å². The van der Waals surface area contributed by atoms with E-state index in [0.29, 0.717) is 5.92 Å². The monoisotopic (exact) mass is 378 g/mol. The fourth-order valence-corrected chi connectivity index (χ4v) is 4.13. The number of nitrogens with one attached hydrogen (secondary N) is 2. The van der Waals surface area contributed by atoms with Gasteiger partial charge in [0.25, 0.3) is 0 Å². The van der Waals surface area contributed by atoms with E-state index in [2.05, 4.69) is 39.5 Å². The van der Waals surface area contributed by atoms with Crippen molar-refractivity contribution in [2.45, 2.75) is 26.2 Å². The number of anilines is 1. The van der Waals surface area contributed by atoms with Gasteiger partial charge in [-0.05, 0) is 61.9 Å². The molecule has 1 aromatic carbocycles. The summed E-state index contributed by atoms with van der Waals surface area (Å²) in [4.78, 5) is 16.8. The number of nitrogens with zero attached hydrogens (tertiary/aromatic N) is 2. The summed E-state index contributed by atoms with van der Waals surface area (Å²) in [5.74, 6) is 1.28. The molecule has 2 N–H and O–H groups in total. The number of halogens is 1. The lowest BCUT2D eigenvalue weighted by atomic mass is 10.0. The van der Waals surface area contributed by atoms with Gasteiger partial charge in [0.2, 0.25) is 0 Å². The van der Waals surface area contributed by atoms with Gasteiger partial charge in [-0.25, -0.2) is 4.79 Å². The maximum absolute atomic E-state index is 12.0. The minimum absolute atomic E-state index is 0.0417. The van der Waals surface area contributed by atoms with E-state index in [-0.39, 0.29) is 6.03 Å². The lowest BCUT2D eigenvalue weighted by Crippen LogP contribution is -2.44. The summed E-state index contributed by atoms with van der Waals surface area (Å²) in [6.07, 6.45) is 3.71. The molecule has 0 unspecified atom stereocenters. The minimum atomic E-state index is -0.0417. The standard InChI is InChI=1S/C20H31ClN4O/c1-16-3-2-10-24(14-16)12-9-22-20(26)23-13-17-8-11-25(15-17)19-6-4-18(21)5-7-19/h4-7,16-17H,2-3,8-15H2,1H3,(H2,22,23,26)/t16-,17-/m0/s1. The van der Waals surface area contributed by atoms with Crippen LogP contribution in [0, 0.1) is 11.8 Å². The molecule has 6 heteroatoms. The van der Waals surface area contributed by atoms with Crippen LogP contribution in [0.3, 0.4) is 0 Å². The van der Waals surface area contributed by atoms with E-state index in [1.165, 1.54) is 18.5 Å². The van der Waals surface area contributed by atoms with E-state index < -0.39 is 0 Å². The van der Waals surface area contributed by atoms with E-state index in [9.17, 15) is 4.79 Å². The highest BCUT2D eigenvalue weighted by atomic mass is 35.5. The fourth-order valence-electron chi connectivity index (χ4n) is 4.00. The summed E-state index contributed by atoms with van der Waals surface area (Å²) in [5.41, 5.74) is 1.21. The third kappa shape index (κ3) is 5.78. The number of amides is 2. The van der Waals surface area contributed by atoms with Crippen molar-refractivity contribution in [2.24, 2.45) is 11.8 Å². The smallest absolute Gasteiger partial charge is 0.314 e. The summed E-state index contributed by atoms with van der Waals surface area (Å²) in [5, 5.41) is 6.80. The van der Waals surface area contributed by atoms with Crippen LogP contribution in [0.2, 0.25) is 5.02 Å². The second-order valence-electron chi connectivity index (χ2n) is 7.76. The van der Waals surface area contributed by atoms with Gasteiger partial charge in [-0.15, -0.1) is 0 Å². The van der Waals surface area contributed by atoms with Crippen molar-refractivity contribution in [1.82, 2.24) is 15.5 Å². The molecule has 5 nitrogen and oxygen atoms in total. The molecule has 2 amide bonds. The molecule has 0 spiro atoms. The first-order valence-corrected chi connectivity index (χ1v) is 10.2. The maximum atomic E-state index is 12.0. The summed E-state index contributed by atoms with van der Waals surface area (Å²) >= 11 is 5.95. The van der Waals surface area contributed by atoms with Crippen molar-refractivity contribution >= 4 is 23.3 Å². The molecule has 2 aliphatic heterocycles. The number of urea groups is 1. The Morgan fingerprint density at radius 3 is 2.73 bits per heavy atom. The van der Waals surface area contributed by atoms with Crippen LogP contribution in [0.4, 0.5) is 10.5 Å². The Kier molecular flexibility index (Phi) is 7.03. The molecule has 2 heterocycles. The molecule has 2 fully saturated rings. The highest BCUT2D eigenvalue weighted by Crippen LogP contribution is 2.24. The quantitative estimate of drug-likeness (QED) is 0.799. The molecule has 26 heavy (non-hydrogen) atoms. The zero-order valence-electron chi connectivity index (χ0n) is 15.7. The number of benzene rings is 1. The van der Waals surface area contributed by atoms with Crippen LogP contribution in [0.25, 0.3) is 0 Å². The van der Waals surface area contributed by atoms with Crippen LogP contribution in [0.1, 0.15) is 26.2 Å². The van der Waals surface area contributed by atoms with Crippen molar-refractivity contribution in [3.8, 4) is 0 Å². The number of piperidine rings is 1. The normalized spacial score (nSPS) is 23.8. The molecule has 2 saturated heterocycles. The second-order valence-corrected chi connectivity index (χ2v) is 8.20. The van der Waals surface area contributed by atoms with Crippen molar-refractivity contribution in [2.75, 3.05) is 50.7 Å². The van der Waals surface area contributed by atoms with Crippen LogP contribution < -0.4 is 15.5 Å². The SMILES string of the molecule is C[C@H]1CCCN(CCNC(=O)NC[C@@H]2CCN(c3ccc(Cl)cc3)C2)C1. The van der Waals surface area contributed by atoms with Gasteiger partial charge >= 0.3 is 6.03 Å². The molecule has 0 aliphatic carbocycles.